The van der Waals surface area contributed by atoms with Crippen LogP contribution in [0.15, 0.2) is 48.5 Å². The second-order valence-electron chi connectivity index (χ2n) is 7.03. The third kappa shape index (κ3) is 6.34. The van der Waals surface area contributed by atoms with Crippen LogP contribution in [0.5, 0.6) is 5.75 Å². The zero-order valence-corrected chi connectivity index (χ0v) is 17.8. The van der Waals surface area contributed by atoms with E-state index in [1.807, 2.05) is 24.3 Å². The molecule has 0 aromatic heterocycles. The summed E-state index contributed by atoms with van der Waals surface area (Å²) in [6.45, 7) is 7.58. The summed E-state index contributed by atoms with van der Waals surface area (Å²) in [7, 11) is 0. The fourth-order valence-corrected chi connectivity index (χ4v) is 2.71. The van der Waals surface area contributed by atoms with Crippen molar-refractivity contribution in [1.29, 1.82) is 0 Å². The maximum atomic E-state index is 12.3. The van der Waals surface area contributed by atoms with Crippen LogP contribution >= 0.6 is 0 Å². The van der Waals surface area contributed by atoms with Gasteiger partial charge in [0.05, 0.1) is 0 Å². The summed E-state index contributed by atoms with van der Waals surface area (Å²) in [4.78, 5) is 36.0. The Kier molecular flexibility index (Phi) is 8.41. The lowest BCUT2D eigenvalue weighted by molar-refractivity contribution is -0.128. The Balaban J connectivity index is 1.91. The van der Waals surface area contributed by atoms with Gasteiger partial charge in [-0.25, -0.2) is 0 Å². The van der Waals surface area contributed by atoms with Crippen molar-refractivity contribution in [3.8, 4) is 5.75 Å². The van der Waals surface area contributed by atoms with Gasteiger partial charge >= 0.3 is 0 Å². The predicted molar refractivity (Wildman–Crippen MR) is 116 cm³/mol. The molecule has 30 heavy (non-hydrogen) atoms. The van der Waals surface area contributed by atoms with Crippen molar-refractivity contribution in [2.24, 2.45) is 0 Å². The second kappa shape index (κ2) is 11.0. The Bertz CT molecular complexity index is 880. The molecule has 0 radical (unpaired) electrons. The number of para-hydroxylation sites is 1. The number of nitrogens with one attached hydrogen (secondary N) is 3. The van der Waals surface area contributed by atoms with Crippen molar-refractivity contribution < 1.29 is 19.1 Å². The first-order chi connectivity index (χ1) is 14.3. The van der Waals surface area contributed by atoms with E-state index >= 15 is 0 Å². The topological polar surface area (TPSA) is 96.5 Å². The Morgan fingerprint density at radius 1 is 0.933 bits per heavy atom. The fourth-order valence-electron chi connectivity index (χ4n) is 2.71. The number of hydrazine groups is 1. The highest BCUT2D eigenvalue weighted by Gasteiger charge is 2.18. The van der Waals surface area contributed by atoms with Gasteiger partial charge in [-0.05, 0) is 55.2 Å². The molecule has 2 rings (SSSR count). The van der Waals surface area contributed by atoms with Gasteiger partial charge in [-0.1, -0.05) is 39.0 Å². The Morgan fingerprint density at radius 3 is 2.23 bits per heavy atom. The van der Waals surface area contributed by atoms with E-state index in [-0.39, 0.29) is 5.91 Å². The van der Waals surface area contributed by atoms with Gasteiger partial charge in [0.25, 0.3) is 11.8 Å². The lowest BCUT2D eigenvalue weighted by Crippen LogP contribution is -2.47. The minimum atomic E-state index is -0.790. The van der Waals surface area contributed by atoms with Gasteiger partial charge in [-0.15, -0.1) is 0 Å². The number of hydrogen-bond acceptors (Lipinski definition) is 4. The average molecular weight is 412 g/mol. The summed E-state index contributed by atoms with van der Waals surface area (Å²) in [6, 6.07) is 14.0. The first-order valence-electron chi connectivity index (χ1n) is 10.1. The van der Waals surface area contributed by atoms with E-state index in [0.29, 0.717) is 29.3 Å². The molecule has 0 heterocycles. The number of hydrogen-bond donors (Lipinski definition) is 3. The van der Waals surface area contributed by atoms with Gasteiger partial charge in [0.2, 0.25) is 5.91 Å². The molecular formula is C23H29N3O4. The highest BCUT2D eigenvalue weighted by atomic mass is 16.5. The van der Waals surface area contributed by atoms with E-state index in [1.165, 1.54) is 0 Å². The maximum absolute atomic E-state index is 12.3. The highest BCUT2D eigenvalue weighted by Crippen LogP contribution is 2.29. The van der Waals surface area contributed by atoms with Gasteiger partial charge in [0.1, 0.15) is 5.75 Å². The van der Waals surface area contributed by atoms with Crippen molar-refractivity contribution in [3.63, 3.8) is 0 Å². The Morgan fingerprint density at radius 2 is 1.60 bits per heavy atom. The van der Waals surface area contributed by atoms with Crippen LogP contribution < -0.4 is 20.9 Å². The summed E-state index contributed by atoms with van der Waals surface area (Å²) in [5.74, 6) is -0.0757. The minimum Gasteiger partial charge on any atom is -0.481 e. The van der Waals surface area contributed by atoms with Crippen LogP contribution in [0.25, 0.3) is 0 Å². The van der Waals surface area contributed by atoms with Crippen molar-refractivity contribution in [3.05, 3.63) is 59.7 Å². The van der Waals surface area contributed by atoms with E-state index in [0.717, 1.165) is 12.0 Å². The molecule has 0 saturated carbocycles. The normalized spacial score (nSPS) is 12.4. The summed E-state index contributed by atoms with van der Waals surface area (Å²) in [5.41, 5.74) is 6.76. The number of anilines is 1. The molecule has 7 nitrogen and oxygen atoms in total. The van der Waals surface area contributed by atoms with Crippen LogP contribution in [0.4, 0.5) is 5.69 Å². The Labute approximate surface area is 177 Å². The first kappa shape index (κ1) is 22.9. The van der Waals surface area contributed by atoms with E-state index in [2.05, 4.69) is 30.0 Å². The maximum Gasteiger partial charge on any atom is 0.279 e. The molecule has 3 amide bonds. The number of amides is 3. The number of carbonyl (C=O) groups is 3. The van der Waals surface area contributed by atoms with Crippen molar-refractivity contribution in [2.75, 3.05) is 5.32 Å². The zero-order chi connectivity index (χ0) is 22.1. The lowest BCUT2D eigenvalue weighted by Gasteiger charge is -2.19. The van der Waals surface area contributed by atoms with Gasteiger partial charge in [-0.2, -0.15) is 0 Å². The average Bonchev–Trinajstić information content (AvgIpc) is 2.77. The summed E-state index contributed by atoms with van der Waals surface area (Å²) < 4.78 is 5.83. The van der Waals surface area contributed by atoms with Crippen LogP contribution in [0, 0.1) is 0 Å². The Hall–Kier alpha value is -3.35. The summed E-state index contributed by atoms with van der Waals surface area (Å²) >= 11 is 0. The second-order valence-corrected chi connectivity index (χ2v) is 7.03. The van der Waals surface area contributed by atoms with Gasteiger partial charge < -0.3 is 10.1 Å². The lowest BCUT2D eigenvalue weighted by atomic mass is 9.98. The van der Waals surface area contributed by atoms with Crippen LogP contribution in [0.3, 0.4) is 0 Å². The molecule has 2 aromatic rings. The van der Waals surface area contributed by atoms with E-state index in [9.17, 15) is 14.4 Å². The van der Waals surface area contributed by atoms with Gasteiger partial charge in [0.15, 0.2) is 6.10 Å². The molecule has 7 heteroatoms. The number of ether oxygens (including phenoxy) is 1. The molecule has 2 unspecified atom stereocenters. The first-order valence-corrected chi connectivity index (χ1v) is 10.1. The summed E-state index contributed by atoms with van der Waals surface area (Å²) in [5, 5.41) is 2.71. The molecule has 2 aromatic carbocycles. The quantitative estimate of drug-likeness (QED) is 0.576. The highest BCUT2D eigenvalue weighted by molar-refractivity contribution is 5.97. The van der Waals surface area contributed by atoms with Crippen LogP contribution in [0.2, 0.25) is 0 Å². The van der Waals surface area contributed by atoms with E-state index in [4.69, 9.17) is 4.74 Å². The molecule has 0 aliphatic carbocycles. The molecule has 0 bridgehead atoms. The largest absolute Gasteiger partial charge is 0.481 e. The predicted octanol–water partition coefficient (Wildman–Crippen LogP) is 3.78. The monoisotopic (exact) mass is 411 g/mol. The molecule has 160 valence electrons. The molecule has 0 spiro atoms. The van der Waals surface area contributed by atoms with Gasteiger partial charge in [0, 0.05) is 17.7 Å². The molecule has 0 saturated heterocycles. The van der Waals surface area contributed by atoms with Crippen LogP contribution in [-0.2, 0) is 9.59 Å². The number of carbonyl (C=O) groups excluding carboxylic acids is 3. The van der Waals surface area contributed by atoms with Crippen LogP contribution in [0.1, 0.15) is 62.4 Å². The van der Waals surface area contributed by atoms with E-state index < -0.39 is 17.9 Å². The molecule has 0 aliphatic heterocycles. The fraction of sp³-hybridized carbons (Fsp3) is 0.348. The van der Waals surface area contributed by atoms with Gasteiger partial charge in [-0.3, -0.25) is 25.2 Å². The van der Waals surface area contributed by atoms with Crippen molar-refractivity contribution in [1.82, 2.24) is 10.9 Å². The van der Waals surface area contributed by atoms with Crippen molar-refractivity contribution >= 4 is 23.4 Å². The molecule has 0 fully saturated rings. The van der Waals surface area contributed by atoms with E-state index in [1.54, 1.807) is 38.1 Å². The molecule has 2 atom stereocenters. The molecular weight excluding hydrogens is 382 g/mol. The third-order valence-corrected chi connectivity index (χ3v) is 4.79. The number of rotatable bonds is 8. The number of benzene rings is 2. The zero-order valence-electron chi connectivity index (χ0n) is 17.8. The third-order valence-electron chi connectivity index (χ3n) is 4.79. The SMILES string of the molecule is CCC(=O)Nc1ccc(C(=O)NNC(=O)C(C)Oc2ccccc2C(C)CC)cc1. The smallest absolute Gasteiger partial charge is 0.279 e. The summed E-state index contributed by atoms with van der Waals surface area (Å²) in [6.07, 6.45) is 0.538. The standard InChI is InChI=1S/C23H29N3O4/c1-5-15(3)19-9-7-8-10-20(19)30-16(4)22(28)25-26-23(29)17-11-13-18(14-12-17)24-21(27)6-2/h7-16H,5-6H2,1-4H3,(H,24,27)(H,25,28)(H,26,29). The molecule has 3 N–H and O–H groups in total. The molecule has 0 aliphatic rings. The van der Waals surface area contributed by atoms with Crippen LogP contribution in [-0.4, -0.2) is 23.8 Å². The minimum absolute atomic E-state index is 0.108. The van der Waals surface area contributed by atoms with Crippen molar-refractivity contribution in [2.45, 2.75) is 52.6 Å².